The van der Waals surface area contributed by atoms with Gasteiger partial charge >= 0.3 is 6.03 Å². The first-order chi connectivity index (χ1) is 9.19. The summed E-state index contributed by atoms with van der Waals surface area (Å²) in [5.41, 5.74) is 2.86. The van der Waals surface area contributed by atoms with Gasteiger partial charge in [0.2, 0.25) is 0 Å². The molecule has 0 aliphatic carbocycles. The molecule has 0 radical (unpaired) electrons. The topological polar surface area (TPSA) is 41.1 Å². The highest BCUT2D eigenvalue weighted by molar-refractivity contribution is 14.1. The van der Waals surface area contributed by atoms with Gasteiger partial charge in [-0.3, -0.25) is 0 Å². The lowest BCUT2D eigenvalue weighted by Crippen LogP contribution is -2.19. The van der Waals surface area contributed by atoms with Crippen LogP contribution in [0.5, 0.6) is 0 Å². The second-order valence-corrected chi connectivity index (χ2v) is 5.27. The van der Waals surface area contributed by atoms with E-state index in [1.165, 1.54) is 5.56 Å². The van der Waals surface area contributed by atoms with E-state index in [0.29, 0.717) is 0 Å². The van der Waals surface area contributed by atoms with Crippen LogP contribution >= 0.6 is 22.6 Å². The van der Waals surface area contributed by atoms with Gasteiger partial charge in [-0.05, 0) is 58.8 Å². The molecule has 98 valence electrons. The minimum atomic E-state index is -0.228. The van der Waals surface area contributed by atoms with Gasteiger partial charge in [-0.15, -0.1) is 0 Å². The van der Waals surface area contributed by atoms with Gasteiger partial charge in [0.15, 0.2) is 0 Å². The van der Waals surface area contributed by atoms with Crippen LogP contribution in [-0.2, 0) is 6.42 Å². The maximum absolute atomic E-state index is 11.9. The molecule has 19 heavy (non-hydrogen) atoms. The van der Waals surface area contributed by atoms with Gasteiger partial charge in [0, 0.05) is 9.26 Å². The van der Waals surface area contributed by atoms with E-state index in [4.69, 9.17) is 0 Å². The number of carbonyl (C=O) groups is 1. The molecule has 2 amide bonds. The largest absolute Gasteiger partial charge is 0.323 e. The van der Waals surface area contributed by atoms with Crippen molar-refractivity contribution in [1.29, 1.82) is 0 Å². The van der Waals surface area contributed by atoms with Crippen molar-refractivity contribution in [3.05, 3.63) is 57.7 Å². The standard InChI is InChI=1S/C15H15IN2O/c1-2-11-7-9-12(10-8-11)17-15(19)18-14-6-4-3-5-13(14)16/h3-10H,2H2,1H3,(H2,17,18,19). The molecule has 2 N–H and O–H groups in total. The molecule has 0 heterocycles. The molecule has 2 aromatic rings. The number of anilines is 2. The van der Waals surface area contributed by atoms with Crippen LogP contribution in [0, 0.1) is 3.57 Å². The number of benzene rings is 2. The van der Waals surface area contributed by atoms with Crippen LogP contribution in [0.4, 0.5) is 16.2 Å². The minimum absolute atomic E-state index is 0.228. The maximum Gasteiger partial charge on any atom is 0.323 e. The van der Waals surface area contributed by atoms with Crippen molar-refractivity contribution < 1.29 is 4.79 Å². The third-order valence-corrected chi connectivity index (χ3v) is 3.68. The zero-order chi connectivity index (χ0) is 13.7. The first-order valence-electron chi connectivity index (χ1n) is 6.10. The van der Waals surface area contributed by atoms with Crippen molar-refractivity contribution in [1.82, 2.24) is 0 Å². The van der Waals surface area contributed by atoms with E-state index in [0.717, 1.165) is 21.4 Å². The van der Waals surface area contributed by atoms with Crippen molar-refractivity contribution in [3.63, 3.8) is 0 Å². The van der Waals surface area contributed by atoms with E-state index < -0.39 is 0 Å². The molecule has 2 aromatic carbocycles. The lowest BCUT2D eigenvalue weighted by molar-refractivity contribution is 0.262. The Labute approximate surface area is 126 Å². The van der Waals surface area contributed by atoms with E-state index in [1.807, 2.05) is 48.5 Å². The molecule has 4 heteroatoms. The Morgan fingerprint density at radius 3 is 2.37 bits per heavy atom. The highest BCUT2D eigenvalue weighted by atomic mass is 127. The van der Waals surface area contributed by atoms with Crippen molar-refractivity contribution in [3.8, 4) is 0 Å². The van der Waals surface area contributed by atoms with E-state index in [9.17, 15) is 4.79 Å². The molecular formula is C15H15IN2O. The predicted octanol–water partition coefficient (Wildman–Crippen LogP) is 4.50. The molecule has 0 unspecified atom stereocenters. The van der Waals surface area contributed by atoms with Crippen molar-refractivity contribution >= 4 is 40.0 Å². The summed E-state index contributed by atoms with van der Waals surface area (Å²) in [6.45, 7) is 2.10. The number of aryl methyl sites for hydroxylation is 1. The Balaban J connectivity index is 1.99. The number of rotatable bonds is 3. The Morgan fingerprint density at radius 1 is 1.05 bits per heavy atom. The first-order valence-corrected chi connectivity index (χ1v) is 7.18. The van der Waals surface area contributed by atoms with Gasteiger partial charge in [0.1, 0.15) is 0 Å². The van der Waals surface area contributed by atoms with Crippen molar-refractivity contribution in [2.24, 2.45) is 0 Å². The van der Waals surface area contributed by atoms with Crippen LogP contribution < -0.4 is 10.6 Å². The summed E-state index contributed by atoms with van der Waals surface area (Å²) in [4.78, 5) is 11.9. The van der Waals surface area contributed by atoms with Gasteiger partial charge in [0.05, 0.1) is 5.69 Å². The summed E-state index contributed by atoms with van der Waals surface area (Å²) in [5, 5.41) is 5.65. The quantitative estimate of drug-likeness (QED) is 0.772. The lowest BCUT2D eigenvalue weighted by Gasteiger charge is -2.09. The van der Waals surface area contributed by atoms with Gasteiger partial charge in [-0.1, -0.05) is 31.2 Å². The molecule has 0 saturated carbocycles. The first kappa shape index (κ1) is 13.9. The normalized spacial score (nSPS) is 10.0. The summed E-state index contributed by atoms with van der Waals surface area (Å²) in [6, 6.07) is 15.3. The third kappa shape index (κ3) is 3.96. The average molecular weight is 366 g/mol. The summed E-state index contributed by atoms with van der Waals surface area (Å²) in [7, 11) is 0. The zero-order valence-corrected chi connectivity index (χ0v) is 12.8. The molecule has 0 aliphatic heterocycles. The molecular weight excluding hydrogens is 351 g/mol. The van der Waals surface area contributed by atoms with Crippen molar-refractivity contribution in [2.45, 2.75) is 13.3 Å². The molecule has 0 bridgehead atoms. The summed E-state index contributed by atoms with van der Waals surface area (Å²) >= 11 is 2.19. The Hall–Kier alpha value is -1.56. The third-order valence-electron chi connectivity index (χ3n) is 2.74. The van der Waals surface area contributed by atoms with Crippen molar-refractivity contribution in [2.75, 3.05) is 10.6 Å². The van der Waals surface area contributed by atoms with Crippen LogP contribution in [0.1, 0.15) is 12.5 Å². The van der Waals surface area contributed by atoms with Gasteiger partial charge in [-0.2, -0.15) is 0 Å². The van der Waals surface area contributed by atoms with Gasteiger partial charge in [0.25, 0.3) is 0 Å². The Kier molecular flexibility index (Phi) is 4.79. The summed E-state index contributed by atoms with van der Waals surface area (Å²) in [6.07, 6.45) is 0.995. The lowest BCUT2D eigenvalue weighted by atomic mass is 10.1. The number of para-hydroxylation sites is 1. The van der Waals surface area contributed by atoms with Crippen LogP contribution in [-0.4, -0.2) is 6.03 Å². The van der Waals surface area contributed by atoms with Gasteiger partial charge in [-0.25, -0.2) is 4.79 Å². The molecule has 0 atom stereocenters. The molecule has 3 nitrogen and oxygen atoms in total. The number of carbonyl (C=O) groups excluding carboxylic acids is 1. The monoisotopic (exact) mass is 366 g/mol. The highest BCUT2D eigenvalue weighted by Gasteiger charge is 2.04. The van der Waals surface area contributed by atoms with Crippen LogP contribution in [0.3, 0.4) is 0 Å². The number of urea groups is 1. The molecule has 2 rings (SSSR count). The number of hydrogen-bond acceptors (Lipinski definition) is 1. The van der Waals surface area contributed by atoms with Crippen LogP contribution in [0.15, 0.2) is 48.5 Å². The summed E-state index contributed by atoms with van der Waals surface area (Å²) < 4.78 is 1.01. The van der Waals surface area contributed by atoms with Gasteiger partial charge < -0.3 is 10.6 Å². The van der Waals surface area contributed by atoms with E-state index in [2.05, 4.69) is 40.1 Å². The molecule has 0 spiro atoms. The van der Waals surface area contributed by atoms with E-state index in [1.54, 1.807) is 0 Å². The zero-order valence-electron chi connectivity index (χ0n) is 10.6. The smallest absolute Gasteiger partial charge is 0.308 e. The molecule has 0 fully saturated rings. The molecule has 0 aliphatic rings. The second-order valence-electron chi connectivity index (χ2n) is 4.11. The Bertz CT molecular complexity index is 567. The SMILES string of the molecule is CCc1ccc(NC(=O)Nc2ccccc2I)cc1. The predicted molar refractivity (Wildman–Crippen MR) is 87.6 cm³/mol. The molecule has 0 saturated heterocycles. The fourth-order valence-corrected chi connectivity index (χ4v) is 2.19. The second kappa shape index (κ2) is 6.56. The maximum atomic E-state index is 11.9. The van der Waals surface area contributed by atoms with Crippen LogP contribution in [0.25, 0.3) is 0 Å². The number of halogens is 1. The number of nitrogens with one attached hydrogen (secondary N) is 2. The fourth-order valence-electron chi connectivity index (χ4n) is 1.67. The number of amides is 2. The highest BCUT2D eigenvalue weighted by Crippen LogP contribution is 2.17. The van der Waals surface area contributed by atoms with Crippen LogP contribution in [0.2, 0.25) is 0 Å². The number of hydrogen-bond donors (Lipinski definition) is 2. The molecule has 0 aromatic heterocycles. The fraction of sp³-hybridized carbons (Fsp3) is 0.133. The average Bonchev–Trinajstić information content (AvgIpc) is 2.42. The van der Waals surface area contributed by atoms with E-state index in [-0.39, 0.29) is 6.03 Å². The summed E-state index contributed by atoms with van der Waals surface area (Å²) in [5.74, 6) is 0. The minimum Gasteiger partial charge on any atom is -0.308 e. The Morgan fingerprint density at radius 2 is 1.74 bits per heavy atom. The van der Waals surface area contributed by atoms with E-state index >= 15 is 0 Å².